The van der Waals surface area contributed by atoms with Gasteiger partial charge in [0.15, 0.2) is 5.96 Å². The van der Waals surface area contributed by atoms with Crippen molar-refractivity contribution in [3.8, 4) is 0 Å². The number of primary sulfonamides is 1. The van der Waals surface area contributed by atoms with E-state index in [0.717, 1.165) is 50.4 Å². The summed E-state index contributed by atoms with van der Waals surface area (Å²) in [7, 11) is -1.87. The van der Waals surface area contributed by atoms with Gasteiger partial charge in [-0.25, -0.2) is 13.6 Å². The lowest BCUT2D eigenvalue weighted by Gasteiger charge is -2.33. The topological polar surface area (TPSA) is 99.8 Å². The maximum absolute atomic E-state index is 11.3. The van der Waals surface area contributed by atoms with Gasteiger partial charge in [-0.1, -0.05) is 42.5 Å². The van der Waals surface area contributed by atoms with Crippen LogP contribution in [0.4, 0.5) is 0 Å². The van der Waals surface area contributed by atoms with E-state index in [1.165, 1.54) is 5.56 Å². The summed E-state index contributed by atoms with van der Waals surface area (Å²) in [5.41, 5.74) is 2.40. The number of aliphatic imine (C=N–C) groups is 1. The van der Waals surface area contributed by atoms with E-state index in [4.69, 9.17) is 5.14 Å². The average Bonchev–Trinajstić information content (AvgIpc) is 2.75. The third-order valence-electron chi connectivity index (χ3n) is 5.36. The molecule has 1 fully saturated rings. The summed E-state index contributed by atoms with van der Waals surface area (Å²) < 4.78 is 22.7. The van der Waals surface area contributed by atoms with Gasteiger partial charge < -0.3 is 10.6 Å². The Morgan fingerprint density at radius 3 is 2.29 bits per heavy atom. The Balaban J connectivity index is 0.00000341. The first kappa shape index (κ1) is 25.6. The summed E-state index contributed by atoms with van der Waals surface area (Å²) in [5.74, 6) is 0.803. The molecular formula is C22H32IN5O2S. The minimum atomic E-state index is -3.64. The maximum Gasteiger partial charge on any atom is 0.238 e. The molecule has 3 rings (SSSR count). The zero-order valence-electron chi connectivity index (χ0n) is 17.8. The Bertz CT molecular complexity index is 928. The number of sulfonamides is 1. The number of nitrogens with zero attached hydrogens (tertiary/aromatic N) is 2. The van der Waals surface area contributed by atoms with Crippen LogP contribution in [0.2, 0.25) is 0 Å². The van der Waals surface area contributed by atoms with Crippen LogP contribution in [0.5, 0.6) is 0 Å². The van der Waals surface area contributed by atoms with Crippen LogP contribution in [-0.2, 0) is 23.0 Å². The smallest absolute Gasteiger partial charge is 0.238 e. The lowest BCUT2D eigenvalue weighted by molar-refractivity contribution is 0.198. The number of rotatable bonds is 7. The summed E-state index contributed by atoms with van der Waals surface area (Å²) in [6.45, 7) is 3.85. The third kappa shape index (κ3) is 8.40. The van der Waals surface area contributed by atoms with Crippen molar-refractivity contribution in [2.24, 2.45) is 10.1 Å². The molecule has 0 saturated carbocycles. The highest BCUT2D eigenvalue weighted by atomic mass is 127. The first-order valence-electron chi connectivity index (χ1n) is 10.3. The van der Waals surface area contributed by atoms with Crippen LogP contribution in [-0.4, -0.2) is 52.0 Å². The molecule has 1 aliphatic heterocycles. The van der Waals surface area contributed by atoms with Crippen molar-refractivity contribution >= 4 is 40.0 Å². The van der Waals surface area contributed by atoms with Gasteiger partial charge in [0.25, 0.3) is 0 Å². The molecule has 1 aliphatic rings. The highest BCUT2D eigenvalue weighted by molar-refractivity contribution is 14.0. The van der Waals surface area contributed by atoms with Gasteiger partial charge in [0.05, 0.1) is 4.90 Å². The predicted molar refractivity (Wildman–Crippen MR) is 136 cm³/mol. The van der Waals surface area contributed by atoms with Crippen molar-refractivity contribution in [3.05, 3.63) is 65.7 Å². The number of halogens is 1. The van der Waals surface area contributed by atoms with Crippen molar-refractivity contribution in [1.82, 2.24) is 15.5 Å². The number of hydrogen-bond acceptors (Lipinski definition) is 4. The van der Waals surface area contributed by atoms with Crippen LogP contribution >= 0.6 is 24.0 Å². The second-order valence-electron chi connectivity index (χ2n) is 7.62. The third-order valence-corrected chi connectivity index (χ3v) is 6.29. The molecule has 9 heteroatoms. The molecule has 0 amide bonds. The molecule has 0 radical (unpaired) electrons. The Hall–Kier alpha value is -1.69. The van der Waals surface area contributed by atoms with Gasteiger partial charge in [0.2, 0.25) is 10.0 Å². The van der Waals surface area contributed by atoms with E-state index in [2.05, 4.69) is 50.9 Å². The summed E-state index contributed by atoms with van der Waals surface area (Å²) in [6, 6.07) is 17.7. The van der Waals surface area contributed by atoms with Crippen LogP contribution < -0.4 is 15.8 Å². The van der Waals surface area contributed by atoms with Crippen LogP contribution in [0.3, 0.4) is 0 Å². The highest BCUT2D eigenvalue weighted by Crippen LogP contribution is 2.14. The van der Waals surface area contributed by atoms with Crippen molar-refractivity contribution in [2.75, 3.05) is 26.7 Å². The Morgan fingerprint density at radius 2 is 1.71 bits per heavy atom. The standard InChI is InChI=1S/C22H31N5O2S.HI/c1-24-22(25-14-11-18-7-9-21(10-8-18)30(23,28)29)26-20-12-15-27(16-13-20)17-19-5-3-2-4-6-19;/h2-10,20H,11-17H2,1H3,(H2,23,28,29)(H2,24,25,26);1H. The van der Waals surface area contributed by atoms with Gasteiger partial charge in [-0.3, -0.25) is 9.89 Å². The molecule has 2 aromatic rings. The number of nitrogens with one attached hydrogen (secondary N) is 2. The van der Waals surface area contributed by atoms with Crippen LogP contribution in [0.25, 0.3) is 0 Å². The largest absolute Gasteiger partial charge is 0.356 e. The minimum Gasteiger partial charge on any atom is -0.356 e. The van der Waals surface area contributed by atoms with E-state index in [1.807, 2.05) is 0 Å². The molecule has 0 unspecified atom stereocenters. The van der Waals surface area contributed by atoms with Gasteiger partial charge in [-0.05, 0) is 42.5 Å². The molecule has 2 aromatic carbocycles. The van der Waals surface area contributed by atoms with Crippen molar-refractivity contribution in [3.63, 3.8) is 0 Å². The van der Waals surface area contributed by atoms with Gasteiger partial charge in [0.1, 0.15) is 0 Å². The molecule has 31 heavy (non-hydrogen) atoms. The van der Waals surface area contributed by atoms with Gasteiger partial charge in [-0.2, -0.15) is 0 Å². The molecule has 1 saturated heterocycles. The van der Waals surface area contributed by atoms with E-state index in [9.17, 15) is 8.42 Å². The fourth-order valence-corrected chi connectivity index (χ4v) is 4.15. The summed E-state index contributed by atoms with van der Waals surface area (Å²) in [4.78, 5) is 6.96. The summed E-state index contributed by atoms with van der Waals surface area (Å²) in [5, 5.41) is 12.0. The first-order chi connectivity index (χ1) is 14.4. The van der Waals surface area contributed by atoms with E-state index in [0.29, 0.717) is 12.6 Å². The van der Waals surface area contributed by atoms with Gasteiger partial charge in [-0.15, -0.1) is 24.0 Å². The van der Waals surface area contributed by atoms with Crippen LogP contribution in [0, 0.1) is 0 Å². The number of likely N-dealkylation sites (tertiary alicyclic amines) is 1. The van der Waals surface area contributed by atoms with Crippen LogP contribution in [0.15, 0.2) is 64.5 Å². The molecule has 4 N–H and O–H groups in total. The Labute approximate surface area is 202 Å². The van der Waals surface area contributed by atoms with Crippen molar-refractivity contribution in [1.29, 1.82) is 0 Å². The summed E-state index contributed by atoms with van der Waals surface area (Å²) in [6.07, 6.45) is 2.94. The van der Waals surface area contributed by atoms with Crippen molar-refractivity contribution < 1.29 is 8.42 Å². The molecule has 0 spiro atoms. The quantitative estimate of drug-likeness (QED) is 0.276. The Kier molecular flexibility index (Phi) is 10.2. The number of benzene rings is 2. The molecule has 0 aromatic heterocycles. The molecule has 0 atom stereocenters. The summed E-state index contributed by atoms with van der Waals surface area (Å²) >= 11 is 0. The number of nitrogens with two attached hydrogens (primary N) is 1. The fourth-order valence-electron chi connectivity index (χ4n) is 3.64. The molecule has 7 nitrogen and oxygen atoms in total. The van der Waals surface area contributed by atoms with E-state index >= 15 is 0 Å². The zero-order chi connectivity index (χ0) is 21.4. The molecule has 170 valence electrons. The maximum atomic E-state index is 11.3. The molecular weight excluding hydrogens is 525 g/mol. The normalized spacial score (nSPS) is 15.9. The van der Waals surface area contributed by atoms with Gasteiger partial charge in [0, 0.05) is 39.3 Å². The second-order valence-corrected chi connectivity index (χ2v) is 9.18. The highest BCUT2D eigenvalue weighted by Gasteiger charge is 2.20. The zero-order valence-corrected chi connectivity index (χ0v) is 21.0. The SMILES string of the molecule is CN=C(NCCc1ccc(S(N)(=O)=O)cc1)NC1CCN(Cc2ccccc2)CC1.I. The monoisotopic (exact) mass is 557 g/mol. The number of hydrogen-bond donors (Lipinski definition) is 3. The first-order valence-corrected chi connectivity index (χ1v) is 11.8. The van der Waals surface area contributed by atoms with E-state index in [-0.39, 0.29) is 28.9 Å². The fraction of sp³-hybridized carbons (Fsp3) is 0.409. The number of piperidine rings is 1. The van der Waals surface area contributed by atoms with E-state index < -0.39 is 10.0 Å². The Morgan fingerprint density at radius 1 is 1.06 bits per heavy atom. The molecule has 0 bridgehead atoms. The molecule has 0 aliphatic carbocycles. The second kappa shape index (κ2) is 12.4. The lowest BCUT2D eigenvalue weighted by Crippen LogP contribution is -2.48. The average molecular weight is 558 g/mol. The molecule has 1 heterocycles. The number of guanidine groups is 1. The lowest BCUT2D eigenvalue weighted by atomic mass is 10.0. The van der Waals surface area contributed by atoms with Crippen molar-refractivity contribution in [2.45, 2.75) is 36.7 Å². The minimum absolute atomic E-state index is 0. The van der Waals surface area contributed by atoms with Crippen LogP contribution in [0.1, 0.15) is 24.0 Å². The predicted octanol–water partition coefficient (Wildman–Crippen LogP) is 2.32. The van der Waals surface area contributed by atoms with Gasteiger partial charge >= 0.3 is 0 Å². The van der Waals surface area contributed by atoms with E-state index in [1.54, 1.807) is 31.3 Å².